The van der Waals surface area contributed by atoms with Gasteiger partial charge in [0.1, 0.15) is 5.82 Å². The van der Waals surface area contributed by atoms with Crippen molar-refractivity contribution in [1.82, 2.24) is 14.7 Å². The van der Waals surface area contributed by atoms with E-state index in [1.165, 1.54) is 25.1 Å². The average Bonchev–Trinajstić information content (AvgIpc) is 3.84. The molecular weight excluding hydrogens is 550 g/mol. The van der Waals surface area contributed by atoms with Crippen molar-refractivity contribution >= 4 is 23.5 Å². The third-order valence-corrected chi connectivity index (χ3v) is 8.41. The van der Waals surface area contributed by atoms with Crippen LogP contribution in [-0.4, -0.2) is 50.9 Å². The number of allylic oxidation sites excluding steroid dienone is 5. The van der Waals surface area contributed by atoms with Crippen LogP contribution in [-0.2, 0) is 13.0 Å². The number of nitrogens with zero attached hydrogens (tertiary/aromatic N) is 3. The van der Waals surface area contributed by atoms with Crippen molar-refractivity contribution in [2.24, 2.45) is 11.3 Å². The lowest BCUT2D eigenvalue weighted by atomic mass is 9.89. The maximum atomic E-state index is 15.2. The van der Waals surface area contributed by atoms with E-state index >= 15 is 4.39 Å². The molecule has 5 rings (SSSR count). The summed E-state index contributed by atoms with van der Waals surface area (Å²) in [4.78, 5) is 27.6. The second-order valence-electron chi connectivity index (χ2n) is 10.6. The average molecular weight is 578 g/mol. The van der Waals surface area contributed by atoms with E-state index < -0.39 is 29.3 Å². The summed E-state index contributed by atoms with van der Waals surface area (Å²) in [5.41, 5.74) is -1.92. The summed E-state index contributed by atoms with van der Waals surface area (Å²) in [5.74, 6) is -2.43. The van der Waals surface area contributed by atoms with Crippen LogP contribution in [0.5, 0.6) is 0 Å². The summed E-state index contributed by atoms with van der Waals surface area (Å²) in [7, 11) is 0. The maximum absolute atomic E-state index is 15.2. The Balaban J connectivity index is 1.68. The second-order valence-corrected chi connectivity index (χ2v) is 11.0. The van der Waals surface area contributed by atoms with E-state index in [9.17, 15) is 27.9 Å². The molecule has 0 atom stereocenters. The molecular formula is C29H28ClF4N3O3. The van der Waals surface area contributed by atoms with Gasteiger partial charge in [0.25, 0.3) is 5.91 Å². The molecule has 1 aromatic carbocycles. The number of carbonyl (C=O) groups is 2. The van der Waals surface area contributed by atoms with Crippen LogP contribution in [0.2, 0.25) is 0 Å². The largest absolute Gasteiger partial charge is 0.478 e. The van der Waals surface area contributed by atoms with Crippen LogP contribution in [0.1, 0.15) is 59.0 Å². The lowest BCUT2D eigenvalue weighted by Gasteiger charge is -2.28. The fraction of sp³-hybridized carbons (Fsp3) is 0.414. The van der Waals surface area contributed by atoms with Gasteiger partial charge in [-0.25, -0.2) is 9.18 Å². The van der Waals surface area contributed by atoms with Gasteiger partial charge < -0.3 is 5.11 Å². The fourth-order valence-corrected chi connectivity index (χ4v) is 5.66. The molecule has 0 spiro atoms. The summed E-state index contributed by atoms with van der Waals surface area (Å²) in [6.45, 7) is 6.85. The van der Waals surface area contributed by atoms with E-state index in [0.717, 1.165) is 36.2 Å². The molecule has 0 amide bonds. The van der Waals surface area contributed by atoms with E-state index in [0.29, 0.717) is 36.7 Å². The van der Waals surface area contributed by atoms with Crippen molar-refractivity contribution < 1.29 is 32.3 Å². The molecule has 0 saturated heterocycles. The molecule has 1 aliphatic heterocycles. The molecule has 0 unspecified atom stereocenters. The molecule has 40 heavy (non-hydrogen) atoms. The number of carboxylic acid groups (broad SMARTS) is 1. The Morgan fingerprint density at radius 1 is 1.27 bits per heavy atom. The van der Waals surface area contributed by atoms with Gasteiger partial charge in [0.15, 0.2) is 0 Å². The first-order valence-electron chi connectivity index (χ1n) is 13.1. The highest BCUT2D eigenvalue weighted by atomic mass is 35.5. The number of halogens is 5. The fourth-order valence-electron chi connectivity index (χ4n) is 5.48. The standard InChI is InChI=1S/C29H28ClF4N3O3/c1-3-20(28(10-11-28)29(32,33)34)24(21(30)4-2)26(38)37-23-15-36(14-16-5-6-16)12-9-19(23)25(35-37)18-8-7-17(27(39)40)13-22(18)31/h3-4,7-8,13,16H,1,5-6,9-12,14-15H2,2H3,(H,39,40)/b21-4+,24-20-. The third-order valence-electron chi connectivity index (χ3n) is 8.01. The Morgan fingerprint density at radius 2 is 1.98 bits per heavy atom. The number of aromatic nitrogens is 2. The Labute approximate surface area is 233 Å². The predicted molar refractivity (Wildman–Crippen MR) is 141 cm³/mol. The van der Waals surface area contributed by atoms with Gasteiger partial charge in [-0.15, -0.1) is 0 Å². The predicted octanol–water partition coefficient (Wildman–Crippen LogP) is 6.76. The number of carbonyl (C=O) groups excluding carboxylic acids is 1. The second kappa shape index (κ2) is 10.3. The highest BCUT2D eigenvalue weighted by Gasteiger charge is 2.65. The molecule has 2 heterocycles. The highest BCUT2D eigenvalue weighted by Crippen LogP contribution is 2.63. The number of alkyl halides is 3. The topological polar surface area (TPSA) is 75.4 Å². The number of hydrogen-bond donors (Lipinski definition) is 1. The maximum Gasteiger partial charge on any atom is 0.398 e. The molecule has 2 aromatic rings. The Bertz CT molecular complexity index is 1470. The van der Waals surface area contributed by atoms with Gasteiger partial charge in [0.2, 0.25) is 0 Å². The molecule has 3 aliphatic rings. The van der Waals surface area contributed by atoms with Crippen LogP contribution in [0, 0.1) is 17.2 Å². The van der Waals surface area contributed by atoms with Crippen LogP contribution in [0.15, 0.2) is 53.1 Å². The van der Waals surface area contributed by atoms with Gasteiger partial charge in [-0.05, 0) is 68.7 Å². The summed E-state index contributed by atoms with van der Waals surface area (Å²) < 4.78 is 58.7. The zero-order valence-corrected chi connectivity index (χ0v) is 22.6. The van der Waals surface area contributed by atoms with Gasteiger partial charge in [0, 0.05) is 35.8 Å². The van der Waals surface area contributed by atoms with Crippen molar-refractivity contribution in [2.75, 3.05) is 13.1 Å². The molecule has 0 bridgehead atoms. The van der Waals surface area contributed by atoms with Crippen LogP contribution < -0.4 is 0 Å². The number of fused-ring (bicyclic) bond motifs is 1. The Kier molecular flexibility index (Phi) is 7.29. The van der Waals surface area contributed by atoms with Crippen LogP contribution in [0.4, 0.5) is 17.6 Å². The van der Waals surface area contributed by atoms with Gasteiger partial charge in [0.05, 0.1) is 27.9 Å². The number of hydrogen-bond acceptors (Lipinski definition) is 4. The van der Waals surface area contributed by atoms with Crippen molar-refractivity contribution in [2.45, 2.75) is 51.7 Å². The summed E-state index contributed by atoms with van der Waals surface area (Å²) in [6.07, 6.45) is 0.0492. The van der Waals surface area contributed by atoms with E-state index in [1.807, 2.05) is 0 Å². The van der Waals surface area contributed by atoms with E-state index in [-0.39, 0.29) is 45.8 Å². The molecule has 2 fully saturated rings. The highest BCUT2D eigenvalue weighted by molar-refractivity contribution is 6.35. The van der Waals surface area contributed by atoms with Gasteiger partial charge in [-0.3, -0.25) is 9.69 Å². The quantitative estimate of drug-likeness (QED) is 0.213. The van der Waals surface area contributed by atoms with Crippen molar-refractivity contribution in [3.8, 4) is 11.3 Å². The molecule has 1 N–H and O–H groups in total. The van der Waals surface area contributed by atoms with Crippen LogP contribution >= 0.6 is 11.6 Å². The molecule has 2 aliphatic carbocycles. The first-order chi connectivity index (χ1) is 18.9. The summed E-state index contributed by atoms with van der Waals surface area (Å²) >= 11 is 6.42. The number of benzene rings is 1. The minimum absolute atomic E-state index is 0.00371. The lowest BCUT2D eigenvalue weighted by molar-refractivity contribution is -0.174. The molecule has 11 heteroatoms. The van der Waals surface area contributed by atoms with E-state index in [2.05, 4.69) is 16.6 Å². The normalized spacial score (nSPS) is 19.6. The van der Waals surface area contributed by atoms with Gasteiger partial charge >= 0.3 is 12.1 Å². The molecule has 2 saturated carbocycles. The van der Waals surface area contributed by atoms with Gasteiger partial charge in [-0.1, -0.05) is 30.3 Å². The van der Waals surface area contributed by atoms with Crippen molar-refractivity contribution in [3.05, 3.63) is 75.7 Å². The zero-order chi connectivity index (χ0) is 29.0. The van der Waals surface area contributed by atoms with Crippen LogP contribution in [0.3, 0.4) is 0 Å². The summed E-state index contributed by atoms with van der Waals surface area (Å²) in [6, 6.07) is 3.42. The van der Waals surface area contributed by atoms with E-state index in [1.54, 1.807) is 0 Å². The third kappa shape index (κ3) is 4.92. The summed E-state index contributed by atoms with van der Waals surface area (Å²) in [5, 5.41) is 13.5. The molecule has 1 aromatic heterocycles. The monoisotopic (exact) mass is 577 g/mol. The van der Waals surface area contributed by atoms with E-state index in [4.69, 9.17) is 11.6 Å². The van der Waals surface area contributed by atoms with Gasteiger partial charge in [-0.2, -0.15) is 23.0 Å². The minimum Gasteiger partial charge on any atom is -0.478 e. The smallest absolute Gasteiger partial charge is 0.398 e. The van der Waals surface area contributed by atoms with Crippen LogP contribution in [0.25, 0.3) is 11.3 Å². The SMILES string of the molecule is C=C/C(=C(C(=O)n1nc(-c2ccc(C(=O)O)cc2F)c2c1CN(CC1CC1)CC2)\C(Cl)=C/C)C1(C(F)(F)F)CC1. The van der Waals surface area contributed by atoms with Crippen molar-refractivity contribution in [3.63, 3.8) is 0 Å². The Morgan fingerprint density at radius 3 is 2.50 bits per heavy atom. The molecule has 6 nitrogen and oxygen atoms in total. The molecule has 0 radical (unpaired) electrons. The lowest BCUT2D eigenvalue weighted by Crippen LogP contribution is -2.35. The first-order valence-corrected chi connectivity index (χ1v) is 13.5. The molecule has 212 valence electrons. The number of carboxylic acids is 1. The van der Waals surface area contributed by atoms with Crippen molar-refractivity contribution in [1.29, 1.82) is 0 Å². The minimum atomic E-state index is -4.61. The Hall–Kier alpha value is -3.24. The number of rotatable bonds is 8. The zero-order valence-electron chi connectivity index (χ0n) is 21.8. The first kappa shape index (κ1) is 28.3. The number of aromatic carboxylic acids is 1.